The van der Waals surface area contributed by atoms with E-state index in [0.717, 1.165) is 12.0 Å². The van der Waals surface area contributed by atoms with Gasteiger partial charge in [-0.1, -0.05) is 0 Å². The van der Waals surface area contributed by atoms with Crippen molar-refractivity contribution in [1.29, 1.82) is 5.41 Å². The second-order valence-corrected chi connectivity index (χ2v) is 7.77. The lowest BCUT2D eigenvalue weighted by Crippen LogP contribution is -2.16. The topological polar surface area (TPSA) is 135 Å². The molecule has 0 bridgehead atoms. The summed E-state index contributed by atoms with van der Waals surface area (Å²) in [5.74, 6) is 1.46. The van der Waals surface area contributed by atoms with Gasteiger partial charge in [-0.3, -0.25) is 14.4 Å². The van der Waals surface area contributed by atoms with E-state index >= 15 is 0 Å². The third kappa shape index (κ3) is 3.90. The number of nitrogens with zero attached hydrogens (tertiary/aromatic N) is 4. The number of methoxy groups -OCH3 is 1. The molecule has 0 unspecified atom stereocenters. The van der Waals surface area contributed by atoms with E-state index in [1.807, 2.05) is 6.92 Å². The van der Waals surface area contributed by atoms with E-state index in [9.17, 15) is 8.42 Å². The first-order valence-corrected chi connectivity index (χ1v) is 10.0. The molecule has 0 fully saturated rings. The number of nitrogens with one attached hydrogen (secondary N) is 3. The summed E-state index contributed by atoms with van der Waals surface area (Å²) in [6.07, 6.45) is 2.37. The molecule has 2 heterocycles. The standard InChI is InChI=1S/C18H21N7O3S/c1-11-22-18(23-25(11)3)14-7-6-13(10-21-14)29(26,27)24-17-15(28-4)8-5-12(9-19)16(17)20-2/h5-10,19-20,24H,1-4H3. The quantitative estimate of drug-likeness (QED) is 0.503. The van der Waals surface area contributed by atoms with Gasteiger partial charge in [-0.25, -0.2) is 13.4 Å². The Kier molecular flexibility index (Phi) is 5.50. The number of pyridine rings is 1. The van der Waals surface area contributed by atoms with Crippen molar-refractivity contribution in [3.63, 3.8) is 0 Å². The Hall–Kier alpha value is -3.47. The first-order valence-electron chi connectivity index (χ1n) is 8.56. The maximum Gasteiger partial charge on any atom is 0.263 e. The highest BCUT2D eigenvalue weighted by Crippen LogP contribution is 2.36. The predicted molar refractivity (Wildman–Crippen MR) is 110 cm³/mol. The number of rotatable bonds is 7. The molecular formula is C18H21N7O3S. The average Bonchev–Trinajstić information content (AvgIpc) is 3.06. The van der Waals surface area contributed by atoms with Crippen LogP contribution in [0, 0.1) is 12.3 Å². The Morgan fingerprint density at radius 1 is 1.21 bits per heavy atom. The van der Waals surface area contributed by atoms with E-state index in [0.29, 0.717) is 28.5 Å². The third-order valence-electron chi connectivity index (χ3n) is 4.32. The van der Waals surface area contributed by atoms with E-state index in [1.54, 1.807) is 37.0 Å². The molecule has 3 aromatic rings. The average molecular weight is 415 g/mol. The first-order chi connectivity index (χ1) is 13.8. The van der Waals surface area contributed by atoms with Crippen LogP contribution in [0.3, 0.4) is 0 Å². The Morgan fingerprint density at radius 2 is 1.97 bits per heavy atom. The zero-order chi connectivity index (χ0) is 21.2. The van der Waals surface area contributed by atoms with Crippen LogP contribution in [0.5, 0.6) is 5.75 Å². The van der Waals surface area contributed by atoms with Gasteiger partial charge in [0.1, 0.15) is 27.9 Å². The van der Waals surface area contributed by atoms with Crippen molar-refractivity contribution in [3.8, 4) is 17.3 Å². The van der Waals surface area contributed by atoms with Crippen LogP contribution in [0.15, 0.2) is 35.4 Å². The van der Waals surface area contributed by atoms with Crippen LogP contribution in [-0.2, 0) is 17.1 Å². The summed E-state index contributed by atoms with van der Waals surface area (Å²) >= 11 is 0. The smallest absolute Gasteiger partial charge is 0.263 e. The van der Waals surface area contributed by atoms with Crippen LogP contribution in [0.2, 0.25) is 0 Å². The van der Waals surface area contributed by atoms with Crippen molar-refractivity contribution in [2.75, 3.05) is 24.2 Å². The van der Waals surface area contributed by atoms with Crippen LogP contribution in [0.4, 0.5) is 11.4 Å². The molecular weight excluding hydrogens is 394 g/mol. The molecule has 0 saturated carbocycles. The van der Waals surface area contributed by atoms with E-state index in [-0.39, 0.29) is 10.6 Å². The number of anilines is 2. The van der Waals surface area contributed by atoms with Gasteiger partial charge in [-0.2, -0.15) is 0 Å². The van der Waals surface area contributed by atoms with Crippen molar-refractivity contribution < 1.29 is 13.2 Å². The van der Waals surface area contributed by atoms with Crippen LogP contribution >= 0.6 is 0 Å². The van der Waals surface area contributed by atoms with Gasteiger partial charge in [-0.15, -0.1) is 5.10 Å². The molecule has 2 aromatic heterocycles. The predicted octanol–water partition coefficient (Wildman–Crippen LogP) is 2.03. The van der Waals surface area contributed by atoms with E-state index in [1.165, 1.54) is 19.4 Å². The molecule has 29 heavy (non-hydrogen) atoms. The lowest BCUT2D eigenvalue weighted by atomic mass is 10.1. The van der Waals surface area contributed by atoms with Gasteiger partial charge < -0.3 is 15.5 Å². The van der Waals surface area contributed by atoms with Gasteiger partial charge in [-0.05, 0) is 31.2 Å². The molecule has 10 nitrogen and oxygen atoms in total. The van der Waals surface area contributed by atoms with Gasteiger partial charge in [0.2, 0.25) is 0 Å². The lowest BCUT2D eigenvalue weighted by molar-refractivity contribution is 0.417. The van der Waals surface area contributed by atoms with Crippen molar-refractivity contribution in [1.82, 2.24) is 19.7 Å². The van der Waals surface area contributed by atoms with Crippen molar-refractivity contribution >= 4 is 27.6 Å². The van der Waals surface area contributed by atoms with Gasteiger partial charge in [0.25, 0.3) is 10.0 Å². The molecule has 0 aliphatic carbocycles. The van der Waals surface area contributed by atoms with E-state index in [4.69, 9.17) is 10.1 Å². The Bertz CT molecular complexity index is 1140. The zero-order valence-electron chi connectivity index (χ0n) is 16.4. The van der Waals surface area contributed by atoms with Crippen molar-refractivity contribution in [2.24, 2.45) is 7.05 Å². The summed E-state index contributed by atoms with van der Waals surface area (Å²) in [4.78, 5) is 8.44. The summed E-state index contributed by atoms with van der Waals surface area (Å²) < 4.78 is 35.3. The number of hydrogen-bond acceptors (Lipinski definition) is 8. The Labute approximate surface area is 168 Å². The second-order valence-electron chi connectivity index (χ2n) is 6.09. The number of aromatic nitrogens is 4. The highest BCUT2D eigenvalue weighted by atomic mass is 32.2. The molecule has 0 spiro atoms. The summed E-state index contributed by atoms with van der Waals surface area (Å²) in [6, 6.07) is 6.24. The molecule has 3 rings (SSSR count). The molecule has 0 amide bonds. The van der Waals surface area contributed by atoms with Crippen LogP contribution in [-0.4, -0.2) is 48.5 Å². The van der Waals surface area contributed by atoms with Gasteiger partial charge in [0.15, 0.2) is 5.82 Å². The molecule has 0 aliphatic heterocycles. The highest BCUT2D eigenvalue weighted by molar-refractivity contribution is 7.92. The maximum absolute atomic E-state index is 12.9. The monoisotopic (exact) mass is 415 g/mol. The summed E-state index contributed by atoms with van der Waals surface area (Å²) in [5, 5.41) is 14.7. The number of hydrogen-bond donors (Lipinski definition) is 3. The normalized spacial score (nSPS) is 11.2. The molecule has 11 heteroatoms. The minimum Gasteiger partial charge on any atom is -0.494 e. The summed E-state index contributed by atoms with van der Waals surface area (Å²) in [7, 11) is 0.885. The summed E-state index contributed by atoms with van der Waals surface area (Å²) in [6.45, 7) is 1.81. The molecule has 0 saturated heterocycles. The molecule has 0 atom stereocenters. The largest absolute Gasteiger partial charge is 0.494 e. The van der Waals surface area contributed by atoms with Crippen LogP contribution in [0.1, 0.15) is 11.4 Å². The number of aryl methyl sites for hydroxylation is 2. The number of sulfonamides is 1. The van der Waals surface area contributed by atoms with Crippen molar-refractivity contribution in [2.45, 2.75) is 11.8 Å². The van der Waals surface area contributed by atoms with Gasteiger partial charge in [0, 0.05) is 32.1 Å². The minimum absolute atomic E-state index is 0.0294. The fourth-order valence-corrected chi connectivity index (χ4v) is 3.72. The SMILES string of the molecule is CNc1c(C=N)ccc(OC)c1NS(=O)(=O)c1ccc(-c2nc(C)n(C)n2)nc1. The van der Waals surface area contributed by atoms with E-state index < -0.39 is 10.0 Å². The van der Waals surface area contributed by atoms with Gasteiger partial charge in [0.05, 0.1) is 12.8 Å². The maximum atomic E-state index is 12.9. The first kappa shape index (κ1) is 20.3. The molecule has 0 radical (unpaired) electrons. The zero-order valence-corrected chi connectivity index (χ0v) is 17.2. The third-order valence-corrected chi connectivity index (χ3v) is 5.65. The van der Waals surface area contributed by atoms with Crippen molar-refractivity contribution in [3.05, 3.63) is 41.9 Å². The van der Waals surface area contributed by atoms with Crippen LogP contribution < -0.4 is 14.8 Å². The second kappa shape index (κ2) is 7.87. The number of ether oxygens (including phenoxy) is 1. The highest BCUT2D eigenvalue weighted by Gasteiger charge is 2.21. The fourth-order valence-electron chi connectivity index (χ4n) is 2.70. The molecule has 1 aromatic carbocycles. The van der Waals surface area contributed by atoms with Crippen LogP contribution in [0.25, 0.3) is 11.5 Å². The fraction of sp³-hybridized carbons (Fsp3) is 0.222. The Balaban J connectivity index is 1.97. The van der Waals surface area contributed by atoms with E-state index in [2.05, 4.69) is 25.1 Å². The number of benzene rings is 1. The Morgan fingerprint density at radius 3 is 2.48 bits per heavy atom. The lowest BCUT2D eigenvalue weighted by Gasteiger charge is -2.17. The summed E-state index contributed by atoms with van der Waals surface area (Å²) in [5.41, 5.74) is 1.62. The minimum atomic E-state index is -3.96. The van der Waals surface area contributed by atoms with Gasteiger partial charge >= 0.3 is 0 Å². The molecule has 0 aliphatic rings. The molecule has 152 valence electrons. The molecule has 3 N–H and O–H groups in total.